The maximum Gasteiger partial charge on any atom is 0.165 e. The van der Waals surface area contributed by atoms with Crippen molar-refractivity contribution in [3.05, 3.63) is 35.1 Å². The molecule has 0 spiro atoms. The molecule has 21 heavy (non-hydrogen) atoms. The molecule has 2 fully saturated rings. The molecule has 0 amide bonds. The Balaban J connectivity index is 2.07. The van der Waals surface area contributed by atoms with Gasteiger partial charge < -0.3 is 5.11 Å². The van der Waals surface area contributed by atoms with Crippen molar-refractivity contribution in [2.24, 2.45) is 0 Å². The van der Waals surface area contributed by atoms with Gasteiger partial charge in [-0.1, -0.05) is 6.42 Å². The molecule has 1 aromatic carbocycles. The van der Waals surface area contributed by atoms with Crippen LogP contribution in [0.15, 0.2) is 12.1 Å². The Kier molecular flexibility index (Phi) is 3.33. The summed E-state index contributed by atoms with van der Waals surface area (Å²) >= 11 is 0. The summed E-state index contributed by atoms with van der Waals surface area (Å²) in [5, 5.41) is 9.12. The maximum absolute atomic E-state index is 13.9. The predicted molar refractivity (Wildman–Crippen MR) is 69.8 cm³/mol. The average molecular weight is 320 g/mol. The number of benzene rings is 1. The summed E-state index contributed by atoms with van der Waals surface area (Å²) in [6.45, 7) is 0. The van der Waals surface area contributed by atoms with Gasteiger partial charge in [0.2, 0.25) is 0 Å². The highest BCUT2D eigenvalue weighted by Crippen LogP contribution is 2.46. The van der Waals surface area contributed by atoms with Gasteiger partial charge in [0, 0.05) is 11.6 Å². The molecular formula is C14H15F3O3S. The minimum absolute atomic E-state index is 0.217. The minimum Gasteiger partial charge on any atom is -0.385 e. The average Bonchev–Trinajstić information content (AvgIpc) is 2.36. The second-order valence-electron chi connectivity index (χ2n) is 5.95. The van der Waals surface area contributed by atoms with Gasteiger partial charge >= 0.3 is 0 Å². The summed E-state index contributed by atoms with van der Waals surface area (Å²) in [7, 11) is -3.35. The molecule has 116 valence electrons. The number of hydrogen-bond donors (Lipinski definition) is 1. The molecule has 1 aromatic rings. The third-order valence-corrected chi connectivity index (χ3v) is 7.27. The summed E-state index contributed by atoms with van der Waals surface area (Å²) in [6.07, 6.45) is 1.07. The van der Waals surface area contributed by atoms with E-state index in [1.165, 1.54) is 0 Å². The van der Waals surface area contributed by atoms with E-state index in [1.807, 2.05) is 0 Å². The van der Waals surface area contributed by atoms with E-state index in [2.05, 4.69) is 0 Å². The minimum atomic E-state index is -3.35. The van der Waals surface area contributed by atoms with E-state index >= 15 is 0 Å². The third-order valence-electron chi connectivity index (χ3n) is 4.61. The molecule has 0 saturated carbocycles. The van der Waals surface area contributed by atoms with Crippen LogP contribution in [0.5, 0.6) is 0 Å². The van der Waals surface area contributed by atoms with E-state index in [0.717, 1.165) is 12.5 Å². The number of halogens is 3. The van der Waals surface area contributed by atoms with E-state index in [-0.39, 0.29) is 12.8 Å². The first-order valence-corrected chi connectivity index (χ1v) is 8.45. The lowest BCUT2D eigenvalue weighted by Gasteiger charge is -2.44. The fraction of sp³-hybridized carbons (Fsp3) is 0.571. The largest absolute Gasteiger partial charge is 0.385 e. The van der Waals surface area contributed by atoms with Gasteiger partial charge in [-0.25, -0.2) is 21.6 Å². The third kappa shape index (κ3) is 2.26. The zero-order valence-corrected chi connectivity index (χ0v) is 12.0. The zero-order valence-electron chi connectivity index (χ0n) is 11.2. The Morgan fingerprint density at radius 1 is 1.10 bits per heavy atom. The topological polar surface area (TPSA) is 54.4 Å². The van der Waals surface area contributed by atoms with Crippen LogP contribution in [-0.2, 0) is 15.4 Å². The molecule has 1 N–H and O–H groups in total. The molecule has 2 aliphatic heterocycles. The van der Waals surface area contributed by atoms with Crippen LogP contribution in [0, 0.1) is 17.5 Å². The fourth-order valence-corrected chi connectivity index (χ4v) is 6.11. The molecule has 3 rings (SSSR count). The quantitative estimate of drug-likeness (QED) is 0.809. The highest BCUT2D eigenvalue weighted by molar-refractivity contribution is 7.92. The highest BCUT2D eigenvalue weighted by Gasteiger charge is 2.52. The molecule has 2 heterocycles. The van der Waals surface area contributed by atoms with Gasteiger partial charge in [0.15, 0.2) is 21.5 Å². The smallest absolute Gasteiger partial charge is 0.165 e. The molecule has 0 radical (unpaired) electrons. The van der Waals surface area contributed by atoms with Crippen LogP contribution in [0.2, 0.25) is 0 Å². The highest BCUT2D eigenvalue weighted by atomic mass is 32.2. The number of aliphatic hydroxyl groups is 1. The summed E-state index contributed by atoms with van der Waals surface area (Å²) in [4.78, 5) is 0. The SMILES string of the molecule is O=S1(=O)C2CCCC1CC(O)(c1cc(F)cc(F)c1F)C2. The Hall–Kier alpha value is -1.08. The van der Waals surface area contributed by atoms with Gasteiger partial charge in [0.05, 0.1) is 16.1 Å². The Bertz CT molecular complexity index is 667. The standard InChI is InChI=1S/C14H15F3O3S/c15-8-4-11(13(17)12(16)5-8)14(18)6-9-2-1-3-10(7-14)21(9,19)20/h4-5,9-10,18H,1-3,6-7H2. The van der Waals surface area contributed by atoms with Crippen molar-refractivity contribution in [1.82, 2.24) is 0 Å². The van der Waals surface area contributed by atoms with Crippen molar-refractivity contribution in [1.29, 1.82) is 0 Å². The molecule has 2 atom stereocenters. The molecule has 7 heteroatoms. The van der Waals surface area contributed by atoms with Crippen molar-refractivity contribution in [3.63, 3.8) is 0 Å². The van der Waals surface area contributed by atoms with Crippen LogP contribution in [0.1, 0.15) is 37.7 Å². The van der Waals surface area contributed by atoms with E-state index in [1.54, 1.807) is 0 Å². The van der Waals surface area contributed by atoms with Crippen LogP contribution in [0.25, 0.3) is 0 Å². The van der Waals surface area contributed by atoms with Gasteiger partial charge in [-0.05, 0) is 31.7 Å². The zero-order chi connectivity index (χ0) is 15.4. The van der Waals surface area contributed by atoms with Gasteiger partial charge in [-0.2, -0.15) is 0 Å². The normalized spacial score (nSPS) is 34.7. The first kappa shape index (κ1) is 14.8. The second kappa shape index (κ2) is 4.71. The van der Waals surface area contributed by atoms with Crippen LogP contribution in [-0.4, -0.2) is 24.0 Å². The lowest BCUT2D eigenvalue weighted by atomic mass is 9.80. The van der Waals surface area contributed by atoms with Gasteiger partial charge in [0.1, 0.15) is 5.82 Å². The van der Waals surface area contributed by atoms with Crippen molar-refractivity contribution < 1.29 is 26.7 Å². The van der Waals surface area contributed by atoms with Gasteiger partial charge in [-0.3, -0.25) is 0 Å². The monoisotopic (exact) mass is 320 g/mol. The molecule has 2 bridgehead atoms. The summed E-state index contributed by atoms with van der Waals surface area (Å²) in [6, 6.07) is 1.16. The van der Waals surface area contributed by atoms with Crippen LogP contribution in [0.4, 0.5) is 13.2 Å². The van der Waals surface area contributed by atoms with E-state index in [9.17, 15) is 26.7 Å². The van der Waals surface area contributed by atoms with Crippen molar-refractivity contribution >= 4 is 9.84 Å². The van der Waals surface area contributed by atoms with E-state index in [4.69, 9.17) is 0 Å². The number of rotatable bonds is 1. The van der Waals surface area contributed by atoms with Crippen LogP contribution < -0.4 is 0 Å². The van der Waals surface area contributed by atoms with E-state index in [0.29, 0.717) is 18.9 Å². The first-order chi connectivity index (χ1) is 9.74. The maximum atomic E-state index is 13.9. The fourth-order valence-electron chi connectivity index (χ4n) is 3.56. The molecular weight excluding hydrogens is 305 g/mol. The van der Waals surface area contributed by atoms with Gasteiger partial charge in [-0.15, -0.1) is 0 Å². The van der Waals surface area contributed by atoms with Crippen LogP contribution >= 0.6 is 0 Å². The van der Waals surface area contributed by atoms with Crippen molar-refractivity contribution in [3.8, 4) is 0 Å². The summed E-state index contributed by atoms with van der Waals surface area (Å²) in [5.41, 5.74) is -2.32. The molecule has 2 saturated heterocycles. The number of sulfone groups is 1. The Morgan fingerprint density at radius 3 is 2.24 bits per heavy atom. The second-order valence-corrected chi connectivity index (χ2v) is 8.46. The lowest BCUT2D eigenvalue weighted by Crippen LogP contribution is -2.50. The van der Waals surface area contributed by atoms with Crippen molar-refractivity contribution in [2.45, 2.75) is 48.2 Å². The summed E-state index contributed by atoms with van der Waals surface area (Å²) < 4.78 is 65.0. The number of fused-ring (bicyclic) bond motifs is 2. The van der Waals surface area contributed by atoms with Gasteiger partial charge in [0.25, 0.3) is 0 Å². The predicted octanol–water partition coefficient (Wildman–Crippen LogP) is 2.42. The molecule has 2 aliphatic rings. The number of hydrogen-bond acceptors (Lipinski definition) is 3. The van der Waals surface area contributed by atoms with E-state index < -0.39 is 49.0 Å². The lowest BCUT2D eigenvalue weighted by molar-refractivity contribution is 0.000976. The first-order valence-electron chi connectivity index (χ1n) is 6.84. The Morgan fingerprint density at radius 2 is 1.67 bits per heavy atom. The van der Waals surface area contributed by atoms with Crippen LogP contribution in [0.3, 0.4) is 0 Å². The molecule has 2 unspecified atom stereocenters. The molecule has 0 aliphatic carbocycles. The Labute approximate surface area is 120 Å². The summed E-state index contributed by atoms with van der Waals surface area (Å²) in [5.74, 6) is -3.68. The molecule has 0 aromatic heterocycles. The molecule has 3 nitrogen and oxygen atoms in total. The van der Waals surface area contributed by atoms with Crippen molar-refractivity contribution in [2.75, 3.05) is 0 Å².